The van der Waals surface area contributed by atoms with Crippen LogP contribution in [0.5, 0.6) is 23.0 Å². The molecule has 0 atom stereocenters. The summed E-state index contributed by atoms with van der Waals surface area (Å²) in [6.07, 6.45) is 2.45. The fraction of sp³-hybridized carbons (Fsp3) is 0.429. The van der Waals surface area contributed by atoms with Crippen LogP contribution in [0.4, 0.5) is 11.6 Å². The molecule has 4 aromatic rings. The lowest BCUT2D eigenvalue weighted by Gasteiger charge is -2.15. The molecular weight excluding hydrogens is 604 g/mol. The normalized spacial score (nSPS) is 10.9. The zero-order valence-corrected chi connectivity index (χ0v) is 28.0. The quantitative estimate of drug-likeness (QED) is 0.0616. The largest absolute Gasteiger partial charge is 0.493 e. The Morgan fingerprint density at radius 1 is 0.617 bits per heavy atom. The van der Waals surface area contributed by atoms with E-state index >= 15 is 0 Å². The summed E-state index contributed by atoms with van der Waals surface area (Å²) >= 11 is 0. The van der Waals surface area contributed by atoms with Gasteiger partial charge >= 0.3 is 11.9 Å². The molecule has 0 N–H and O–H groups in total. The molecule has 2 aromatic carbocycles. The highest BCUT2D eigenvalue weighted by molar-refractivity contribution is 5.77. The van der Waals surface area contributed by atoms with Crippen molar-refractivity contribution in [2.75, 3.05) is 49.2 Å². The highest BCUT2D eigenvalue weighted by Crippen LogP contribution is 2.37. The first kappa shape index (κ1) is 34.9. The molecule has 0 aliphatic heterocycles. The lowest BCUT2D eigenvalue weighted by Crippen LogP contribution is -2.21. The molecule has 0 saturated heterocycles. The van der Waals surface area contributed by atoms with Gasteiger partial charge in [-0.2, -0.15) is 0 Å². The second-order valence-electron chi connectivity index (χ2n) is 10.7. The van der Waals surface area contributed by atoms with E-state index in [-0.39, 0.29) is 0 Å². The molecule has 47 heavy (non-hydrogen) atoms. The molecular formula is C35H44N4O8. The number of carbonyl (C=O) groups is 2. The van der Waals surface area contributed by atoms with Gasteiger partial charge in [0.15, 0.2) is 23.2 Å². The van der Waals surface area contributed by atoms with Crippen LogP contribution in [0.3, 0.4) is 0 Å². The van der Waals surface area contributed by atoms with E-state index in [1.165, 1.54) is 13.8 Å². The van der Waals surface area contributed by atoms with Crippen molar-refractivity contribution in [3.63, 3.8) is 0 Å². The molecule has 12 nitrogen and oxygen atoms in total. The van der Waals surface area contributed by atoms with E-state index in [9.17, 15) is 9.59 Å². The number of esters is 2. The van der Waals surface area contributed by atoms with Crippen LogP contribution in [-0.4, -0.2) is 61.6 Å². The molecule has 0 aliphatic rings. The highest BCUT2D eigenvalue weighted by atomic mass is 16.5. The van der Waals surface area contributed by atoms with Crippen molar-refractivity contribution in [2.45, 2.75) is 60.8 Å². The fourth-order valence-electron chi connectivity index (χ4n) is 5.01. The second-order valence-corrected chi connectivity index (χ2v) is 10.7. The molecule has 0 saturated carbocycles. The first-order chi connectivity index (χ1) is 22.8. The number of hydrogen-bond acceptors (Lipinski definition) is 12. The monoisotopic (exact) mass is 648 g/mol. The third kappa shape index (κ3) is 9.50. The maximum Gasteiger partial charge on any atom is 0.308 e. The topological polar surface area (TPSA) is 130 Å². The molecule has 0 unspecified atom stereocenters. The molecule has 2 aromatic heterocycles. The van der Waals surface area contributed by atoms with Gasteiger partial charge in [-0.15, -0.1) is 0 Å². The van der Waals surface area contributed by atoms with Crippen molar-refractivity contribution in [1.29, 1.82) is 0 Å². The van der Waals surface area contributed by atoms with E-state index in [0.717, 1.165) is 57.1 Å². The zero-order valence-electron chi connectivity index (χ0n) is 28.0. The van der Waals surface area contributed by atoms with Gasteiger partial charge in [-0.1, -0.05) is 10.3 Å². The molecule has 0 bridgehead atoms. The number of nitrogens with zero attached hydrogens (tertiary/aromatic N) is 4. The minimum Gasteiger partial charge on any atom is -0.493 e. The van der Waals surface area contributed by atoms with Crippen LogP contribution in [0.15, 0.2) is 57.6 Å². The Morgan fingerprint density at radius 3 is 1.38 bits per heavy atom. The van der Waals surface area contributed by atoms with Crippen molar-refractivity contribution < 1.29 is 37.6 Å². The summed E-state index contributed by atoms with van der Waals surface area (Å²) in [4.78, 5) is 27.8. The van der Waals surface area contributed by atoms with Crippen LogP contribution < -0.4 is 28.7 Å². The predicted octanol–water partition coefficient (Wildman–Crippen LogP) is 7.17. The summed E-state index contributed by atoms with van der Waals surface area (Å²) in [5.74, 6) is 3.43. The number of rotatable bonds is 18. The standard InChI is InChI=1S/C35H44N4O8/c1-7-38(8-2)34-22-32(46-36-34)28-16-14-26(20-30(28)44-24(5)40)42-18-12-11-13-19-43-27-15-17-29(31(21-27)45-25(6)41)33-23-35(37-47-33)39(9-3)10-4/h14-17,20-23H,7-13,18-19H2,1-6H3. The Hall–Kier alpha value is -5.00. The number of benzene rings is 2. The average molecular weight is 649 g/mol. The maximum atomic E-state index is 11.8. The van der Waals surface area contributed by atoms with Gasteiger partial charge in [0.05, 0.1) is 24.3 Å². The van der Waals surface area contributed by atoms with E-state index in [4.69, 9.17) is 28.0 Å². The van der Waals surface area contributed by atoms with Crippen molar-refractivity contribution >= 4 is 23.6 Å². The lowest BCUT2D eigenvalue weighted by molar-refractivity contribution is -0.132. The van der Waals surface area contributed by atoms with E-state index < -0.39 is 11.9 Å². The SMILES string of the molecule is CCN(CC)c1cc(-c2ccc(OCCCCCOc3ccc(-c4cc(N(CC)CC)no4)c(OC(C)=O)c3)cc2OC(C)=O)on1. The van der Waals surface area contributed by atoms with Crippen LogP contribution in [0.25, 0.3) is 22.6 Å². The van der Waals surface area contributed by atoms with Gasteiger partial charge in [0.25, 0.3) is 0 Å². The van der Waals surface area contributed by atoms with Gasteiger partial charge in [0, 0.05) is 64.3 Å². The van der Waals surface area contributed by atoms with E-state index in [0.29, 0.717) is 58.9 Å². The molecule has 4 rings (SSSR count). The molecule has 0 aliphatic carbocycles. The lowest BCUT2D eigenvalue weighted by atomic mass is 10.1. The van der Waals surface area contributed by atoms with Gasteiger partial charge in [-0.25, -0.2) is 0 Å². The summed E-state index contributed by atoms with van der Waals surface area (Å²) in [6.45, 7) is 15.0. The Kier molecular flexibility index (Phi) is 12.7. The van der Waals surface area contributed by atoms with Crippen LogP contribution >= 0.6 is 0 Å². The van der Waals surface area contributed by atoms with Crippen molar-refractivity contribution in [3.8, 4) is 45.6 Å². The van der Waals surface area contributed by atoms with Crippen LogP contribution in [0.1, 0.15) is 60.8 Å². The second kappa shape index (κ2) is 17.1. The third-order valence-corrected chi connectivity index (χ3v) is 7.44. The summed E-state index contributed by atoms with van der Waals surface area (Å²) in [7, 11) is 0. The van der Waals surface area contributed by atoms with Gasteiger partial charge in [0.2, 0.25) is 0 Å². The minimum absolute atomic E-state index is 0.345. The Labute approximate surface area is 275 Å². The highest BCUT2D eigenvalue weighted by Gasteiger charge is 2.19. The maximum absolute atomic E-state index is 11.8. The molecule has 12 heteroatoms. The molecule has 0 fully saturated rings. The zero-order chi connectivity index (χ0) is 33.8. The molecule has 2 heterocycles. The van der Waals surface area contributed by atoms with Crippen molar-refractivity contribution in [1.82, 2.24) is 10.3 Å². The predicted molar refractivity (Wildman–Crippen MR) is 178 cm³/mol. The summed E-state index contributed by atoms with van der Waals surface area (Å²) in [5.41, 5.74) is 1.23. The van der Waals surface area contributed by atoms with Gasteiger partial charge in [0.1, 0.15) is 23.0 Å². The molecule has 0 spiro atoms. The van der Waals surface area contributed by atoms with Gasteiger partial charge in [-0.3, -0.25) is 9.59 Å². The molecule has 252 valence electrons. The first-order valence-electron chi connectivity index (χ1n) is 16.1. The number of hydrogen-bond donors (Lipinski definition) is 0. The van der Waals surface area contributed by atoms with Crippen LogP contribution in [0, 0.1) is 0 Å². The Bertz CT molecular complexity index is 1490. The van der Waals surface area contributed by atoms with E-state index in [1.807, 2.05) is 52.0 Å². The molecule has 0 radical (unpaired) electrons. The summed E-state index contributed by atoms with van der Waals surface area (Å²) in [6, 6.07) is 14.3. The Morgan fingerprint density at radius 2 is 1.02 bits per heavy atom. The number of carbonyl (C=O) groups excluding carboxylic acids is 2. The average Bonchev–Trinajstić information content (AvgIpc) is 3.73. The van der Waals surface area contributed by atoms with Gasteiger partial charge < -0.3 is 37.8 Å². The first-order valence-corrected chi connectivity index (χ1v) is 16.1. The number of unbranched alkanes of at least 4 members (excludes halogenated alkanes) is 2. The third-order valence-electron chi connectivity index (χ3n) is 7.44. The smallest absolute Gasteiger partial charge is 0.308 e. The Balaban J connectivity index is 1.28. The van der Waals surface area contributed by atoms with Gasteiger partial charge in [-0.05, 0) is 71.2 Å². The van der Waals surface area contributed by atoms with Crippen LogP contribution in [-0.2, 0) is 9.59 Å². The number of ether oxygens (including phenoxy) is 4. The van der Waals surface area contributed by atoms with Crippen molar-refractivity contribution in [2.24, 2.45) is 0 Å². The summed E-state index contributed by atoms with van der Waals surface area (Å²) < 4.78 is 34.0. The van der Waals surface area contributed by atoms with E-state index in [1.54, 1.807) is 24.3 Å². The molecule has 0 amide bonds. The number of aromatic nitrogens is 2. The minimum atomic E-state index is -0.441. The van der Waals surface area contributed by atoms with Crippen LogP contribution in [0.2, 0.25) is 0 Å². The fourth-order valence-corrected chi connectivity index (χ4v) is 5.01. The summed E-state index contributed by atoms with van der Waals surface area (Å²) in [5, 5.41) is 8.33. The van der Waals surface area contributed by atoms with Crippen molar-refractivity contribution in [3.05, 3.63) is 48.5 Å². The number of anilines is 2. The van der Waals surface area contributed by atoms with E-state index in [2.05, 4.69) is 20.1 Å².